The summed E-state index contributed by atoms with van der Waals surface area (Å²) >= 11 is 0. The summed E-state index contributed by atoms with van der Waals surface area (Å²) in [6.45, 7) is 10.6. The van der Waals surface area contributed by atoms with E-state index in [2.05, 4.69) is 46.6 Å². The Hall–Kier alpha value is -2.15. The van der Waals surface area contributed by atoms with Gasteiger partial charge in [-0.05, 0) is 98.2 Å². The number of anilines is 1. The first kappa shape index (κ1) is 28.0. The van der Waals surface area contributed by atoms with Crippen LogP contribution < -0.4 is 9.64 Å². The standard InChI is InChI=1S/C33H50N4O3/c1-22(5-10-30(39)36-15-17-37(18-16-36)31-29(40-4)20-34-21-35-31)26-8-9-27-25-7-6-23-19-24(38)11-13-32(23,2)28(25)12-14-33(26,27)3/h6,20-22,24-28,38H,5,7-19H2,1-4H3/t22-,24+,25+,26-,27+,28+,32+,33-/m1/s1. The summed E-state index contributed by atoms with van der Waals surface area (Å²) < 4.78 is 5.43. The molecule has 5 aliphatic rings. The molecule has 1 amide bonds. The summed E-state index contributed by atoms with van der Waals surface area (Å²) in [4.78, 5) is 26.0. The number of carbonyl (C=O) groups is 1. The van der Waals surface area contributed by atoms with E-state index in [-0.39, 0.29) is 6.10 Å². The van der Waals surface area contributed by atoms with E-state index < -0.39 is 0 Å². The van der Waals surface area contributed by atoms with E-state index in [0.29, 0.717) is 34.8 Å². The molecule has 1 N–H and O–H groups in total. The van der Waals surface area contributed by atoms with Gasteiger partial charge in [-0.15, -0.1) is 0 Å². The molecule has 0 unspecified atom stereocenters. The SMILES string of the molecule is COc1cncnc1N1CCN(C(=O)CC[C@@H](C)[C@H]2CC[C@H]3[C@@H]4CC=C5C[C@@H](O)CC[C@]5(C)[C@H]4CC[C@]23C)CC1. The van der Waals surface area contributed by atoms with Crippen LogP contribution in [-0.2, 0) is 4.79 Å². The van der Waals surface area contributed by atoms with Crippen LogP contribution in [0, 0.1) is 40.4 Å². The van der Waals surface area contributed by atoms with E-state index in [1.54, 1.807) is 25.2 Å². The third-order valence-corrected chi connectivity index (χ3v) is 12.5. The number of allylic oxidation sites excluding steroid dienone is 1. The lowest BCUT2D eigenvalue weighted by Crippen LogP contribution is -2.51. The number of ether oxygens (including phenoxy) is 1. The second kappa shape index (κ2) is 10.9. The van der Waals surface area contributed by atoms with E-state index >= 15 is 0 Å². The normalized spacial score (nSPS) is 38.1. The van der Waals surface area contributed by atoms with Crippen LogP contribution in [0.1, 0.15) is 85.0 Å². The van der Waals surface area contributed by atoms with Crippen molar-refractivity contribution >= 4 is 11.7 Å². The van der Waals surface area contributed by atoms with Crippen molar-refractivity contribution < 1.29 is 14.6 Å². The Balaban J connectivity index is 1.04. The zero-order valence-corrected chi connectivity index (χ0v) is 25.1. The summed E-state index contributed by atoms with van der Waals surface area (Å²) in [6.07, 6.45) is 16.9. The number of aromatic nitrogens is 2. The molecule has 3 saturated carbocycles. The molecule has 7 nitrogen and oxygen atoms in total. The molecule has 0 radical (unpaired) electrons. The van der Waals surface area contributed by atoms with Gasteiger partial charge in [0.25, 0.3) is 0 Å². The summed E-state index contributed by atoms with van der Waals surface area (Å²) in [5.74, 6) is 5.50. The number of hydrogen-bond donors (Lipinski definition) is 1. The maximum atomic E-state index is 13.3. The third kappa shape index (κ3) is 4.74. The fourth-order valence-corrected chi connectivity index (χ4v) is 10.2. The fraction of sp³-hybridized carbons (Fsp3) is 0.788. The van der Waals surface area contributed by atoms with E-state index in [0.717, 1.165) is 81.4 Å². The van der Waals surface area contributed by atoms with Crippen LogP contribution >= 0.6 is 0 Å². The lowest BCUT2D eigenvalue weighted by molar-refractivity contribution is -0.132. The highest BCUT2D eigenvalue weighted by atomic mass is 16.5. The van der Waals surface area contributed by atoms with Crippen LogP contribution in [0.25, 0.3) is 0 Å². The van der Waals surface area contributed by atoms with Crippen molar-refractivity contribution in [2.75, 3.05) is 38.2 Å². The van der Waals surface area contributed by atoms with Crippen LogP contribution in [0.5, 0.6) is 5.75 Å². The molecule has 1 aliphatic heterocycles. The van der Waals surface area contributed by atoms with Gasteiger partial charge in [-0.3, -0.25) is 4.79 Å². The number of methoxy groups -OCH3 is 1. The molecule has 6 rings (SSSR count). The summed E-state index contributed by atoms with van der Waals surface area (Å²) in [5.41, 5.74) is 2.28. The summed E-state index contributed by atoms with van der Waals surface area (Å²) in [7, 11) is 1.65. The zero-order chi connectivity index (χ0) is 28.1. The van der Waals surface area contributed by atoms with Crippen molar-refractivity contribution in [3.8, 4) is 5.75 Å². The number of nitrogens with zero attached hydrogens (tertiary/aromatic N) is 4. The molecule has 1 aromatic rings. The molecule has 2 heterocycles. The Morgan fingerprint density at radius 3 is 2.70 bits per heavy atom. The Kier molecular flexibility index (Phi) is 7.64. The minimum atomic E-state index is -0.130. The van der Waals surface area contributed by atoms with Gasteiger partial charge in [0.2, 0.25) is 5.91 Å². The monoisotopic (exact) mass is 550 g/mol. The maximum absolute atomic E-state index is 13.3. The smallest absolute Gasteiger partial charge is 0.222 e. The van der Waals surface area contributed by atoms with Crippen LogP contribution in [0.2, 0.25) is 0 Å². The first-order valence-corrected chi connectivity index (χ1v) is 16.0. The molecule has 0 bridgehead atoms. The van der Waals surface area contributed by atoms with E-state index in [4.69, 9.17) is 4.74 Å². The molecular weight excluding hydrogens is 500 g/mol. The van der Waals surface area contributed by atoms with Gasteiger partial charge in [0.15, 0.2) is 11.6 Å². The Morgan fingerprint density at radius 2 is 1.93 bits per heavy atom. The largest absolute Gasteiger partial charge is 0.491 e. The molecule has 1 saturated heterocycles. The van der Waals surface area contributed by atoms with Gasteiger partial charge >= 0.3 is 0 Å². The number of fused-ring (bicyclic) bond motifs is 5. The van der Waals surface area contributed by atoms with E-state index in [1.807, 2.05) is 0 Å². The van der Waals surface area contributed by atoms with Crippen molar-refractivity contribution in [2.24, 2.45) is 40.4 Å². The molecule has 220 valence electrons. The highest BCUT2D eigenvalue weighted by Gasteiger charge is 2.59. The van der Waals surface area contributed by atoms with Gasteiger partial charge in [-0.2, -0.15) is 0 Å². The second-order valence-corrected chi connectivity index (χ2v) is 14.2. The van der Waals surface area contributed by atoms with Gasteiger partial charge in [0.1, 0.15) is 6.33 Å². The number of rotatable bonds is 6. The third-order valence-electron chi connectivity index (χ3n) is 12.5. The lowest BCUT2D eigenvalue weighted by atomic mass is 9.47. The fourth-order valence-electron chi connectivity index (χ4n) is 10.2. The Labute approximate surface area is 240 Å². The number of hydrogen-bond acceptors (Lipinski definition) is 6. The molecule has 40 heavy (non-hydrogen) atoms. The number of piperazine rings is 1. The van der Waals surface area contributed by atoms with Crippen molar-refractivity contribution in [1.82, 2.24) is 14.9 Å². The van der Waals surface area contributed by atoms with Gasteiger partial charge in [0, 0.05) is 32.6 Å². The van der Waals surface area contributed by atoms with Crippen LogP contribution in [-0.4, -0.2) is 65.3 Å². The zero-order valence-electron chi connectivity index (χ0n) is 25.1. The molecule has 0 aromatic carbocycles. The highest BCUT2D eigenvalue weighted by Crippen LogP contribution is 2.67. The molecular formula is C33H50N4O3. The average Bonchev–Trinajstić information content (AvgIpc) is 3.33. The topological polar surface area (TPSA) is 78.8 Å². The quantitative estimate of drug-likeness (QED) is 0.472. The average molecular weight is 551 g/mol. The number of aliphatic hydroxyl groups excluding tert-OH is 1. The molecule has 8 atom stereocenters. The lowest BCUT2D eigenvalue weighted by Gasteiger charge is -2.58. The summed E-state index contributed by atoms with van der Waals surface area (Å²) in [6, 6.07) is 0. The molecule has 1 aromatic heterocycles. The maximum Gasteiger partial charge on any atom is 0.222 e. The van der Waals surface area contributed by atoms with Crippen LogP contribution in [0.15, 0.2) is 24.2 Å². The Morgan fingerprint density at radius 1 is 1.12 bits per heavy atom. The van der Waals surface area contributed by atoms with Crippen molar-refractivity contribution in [1.29, 1.82) is 0 Å². The van der Waals surface area contributed by atoms with Gasteiger partial charge in [-0.25, -0.2) is 9.97 Å². The Bertz CT molecular complexity index is 1120. The number of amides is 1. The van der Waals surface area contributed by atoms with Crippen molar-refractivity contribution in [2.45, 2.75) is 91.1 Å². The van der Waals surface area contributed by atoms with Crippen LogP contribution in [0.4, 0.5) is 5.82 Å². The first-order chi connectivity index (χ1) is 19.2. The first-order valence-electron chi connectivity index (χ1n) is 16.0. The highest BCUT2D eigenvalue weighted by molar-refractivity contribution is 5.76. The van der Waals surface area contributed by atoms with Crippen molar-refractivity contribution in [3.05, 3.63) is 24.2 Å². The van der Waals surface area contributed by atoms with Crippen molar-refractivity contribution in [3.63, 3.8) is 0 Å². The molecule has 7 heteroatoms. The molecule has 0 spiro atoms. The van der Waals surface area contributed by atoms with E-state index in [1.165, 1.54) is 32.1 Å². The summed E-state index contributed by atoms with van der Waals surface area (Å²) in [5, 5.41) is 10.3. The molecule has 4 aliphatic carbocycles. The molecule has 4 fully saturated rings. The number of aliphatic hydroxyl groups is 1. The van der Waals surface area contributed by atoms with E-state index in [9.17, 15) is 9.90 Å². The second-order valence-electron chi connectivity index (χ2n) is 14.2. The minimum Gasteiger partial charge on any atom is -0.491 e. The van der Waals surface area contributed by atoms with Gasteiger partial charge in [0.05, 0.1) is 19.4 Å². The minimum absolute atomic E-state index is 0.130. The predicted molar refractivity (Wildman–Crippen MR) is 157 cm³/mol. The van der Waals surface area contributed by atoms with Gasteiger partial charge < -0.3 is 19.6 Å². The van der Waals surface area contributed by atoms with Crippen LogP contribution in [0.3, 0.4) is 0 Å². The number of carbonyl (C=O) groups excluding carboxylic acids is 1. The van der Waals surface area contributed by atoms with Gasteiger partial charge in [-0.1, -0.05) is 32.4 Å². The predicted octanol–water partition coefficient (Wildman–Crippen LogP) is 5.49.